The van der Waals surface area contributed by atoms with Crippen molar-refractivity contribution in [3.63, 3.8) is 0 Å². The first-order chi connectivity index (χ1) is 7.36. The maximum Gasteiger partial charge on any atom is 0.0364 e. The third-order valence-corrected chi connectivity index (χ3v) is 3.40. The standard InChI is InChI=1S/C14H20N/c1-15(14-10-6-3-7-11-14)12-13-8-4-2-5-9-13/h6-7,10-11,13H,2,4-5,8-9,12H2,1H3. The minimum Gasteiger partial charge on any atom is -0.374 e. The maximum atomic E-state index is 3.06. The van der Waals surface area contributed by atoms with Gasteiger partial charge in [-0.2, -0.15) is 0 Å². The summed E-state index contributed by atoms with van der Waals surface area (Å²) in [6, 6.07) is 11.3. The van der Waals surface area contributed by atoms with E-state index in [9.17, 15) is 0 Å². The predicted molar refractivity (Wildman–Crippen MR) is 65.1 cm³/mol. The summed E-state index contributed by atoms with van der Waals surface area (Å²) in [5.41, 5.74) is 1.32. The van der Waals surface area contributed by atoms with Gasteiger partial charge in [0, 0.05) is 19.3 Å². The van der Waals surface area contributed by atoms with Crippen molar-refractivity contribution in [1.82, 2.24) is 0 Å². The van der Waals surface area contributed by atoms with Crippen LogP contribution in [0.25, 0.3) is 0 Å². The highest BCUT2D eigenvalue weighted by molar-refractivity contribution is 5.44. The highest BCUT2D eigenvalue weighted by atomic mass is 15.1. The van der Waals surface area contributed by atoms with Crippen molar-refractivity contribution < 1.29 is 0 Å². The van der Waals surface area contributed by atoms with Crippen LogP contribution >= 0.6 is 0 Å². The molecule has 0 amide bonds. The number of nitrogens with zero attached hydrogens (tertiary/aromatic N) is 1. The molecule has 1 aromatic carbocycles. The molecule has 2 rings (SSSR count). The van der Waals surface area contributed by atoms with Crippen molar-refractivity contribution in [3.8, 4) is 0 Å². The van der Waals surface area contributed by atoms with Gasteiger partial charge in [-0.3, -0.25) is 0 Å². The molecule has 0 saturated heterocycles. The molecule has 1 heteroatoms. The van der Waals surface area contributed by atoms with Gasteiger partial charge in [-0.15, -0.1) is 0 Å². The molecule has 1 aliphatic carbocycles. The van der Waals surface area contributed by atoms with E-state index in [1.165, 1.54) is 44.3 Å². The molecule has 0 heterocycles. The molecule has 1 saturated carbocycles. The molecule has 81 valence electrons. The number of hydrogen-bond donors (Lipinski definition) is 0. The Hall–Kier alpha value is -0.980. The van der Waals surface area contributed by atoms with Crippen LogP contribution in [0.15, 0.2) is 24.3 Å². The fourth-order valence-corrected chi connectivity index (χ4v) is 2.49. The molecule has 0 atom stereocenters. The van der Waals surface area contributed by atoms with E-state index in [1.54, 1.807) is 0 Å². The summed E-state index contributed by atoms with van der Waals surface area (Å²) in [5, 5.41) is 0. The number of rotatable bonds is 3. The van der Waals surface area contributed by atoms with E-state index in [0.29, 0.717) is 0 Å². The summed E-state index contributed by atoms with van der Waals surface area (Å²) in [6.45, 7) is 1.21. The first-order valence-electron chi connectivity index (χ1n) is 6.03. The molecule has 1 fully saturated rings. The lowest BCUT2D eigenvalue weighted by Gasteiger charge is -2.28. The maximum absolute atomic E-state index is 3.06. The first-order valence-corrected chi connectivity index (χ1v) is 6.03. The summed E-state index contributed by atoms with van der Waals surface area (Å²) >= 11 is 0. The lowest BCUT2D eigenvalue weighted by molar-refractivity contribution is 0.362. The zero-order chi connectivity index (χ0) is 10.5. The summed E-state index contributed by atoms with van der Waals surface area (Å²) in [7, 11) is 2.20. The Labute approximate surface area is 93.1 Å². The van der Waals surface area contributed by atoms with E-state index in [1.807, 2.05) is 12.1 Å². The smallest absolute Gasteiger partial charge is 0.0364 e. The van der Waals surface area contributed by atoms with Crippen LogP contribution < -0.4 is 4.90 Å². The molecule has 0 unspecified atom stereocenters. The van der Waals surface area contributed by atoms with Crippen LogP contribution in [0.5, 0.6) is 0 Å². The zero-order valence-electron chi connectivity index (χ0n) is 9.58. The number of anilines is 1. The van der Waals surface area contributed by atoms with E-state index in [4.69, 9.17) is 0 Å². The van der Waals surface area contributed by atoms with E-state index in [2.05, 4.69) is 30.1 Å². The molecule has 0 N–H and O–H groups in total. The largest absolute Gasteiger partial charge is 0.374 e. The van der Waals surface area contributed by atoms with Crippen molar-refractivity contribution in [2.45, 2.75) is 32.1 Å². The molecule has 0 spiro atoms. The van der Waals surface area contributed by atoms with Crippen molar-refractivity contribution in [3.05, 3.63) is 30.3 Å². The fraction of sp³-hybridized carbons (Fsp3) is 0.571. The Balaban J connectivity index is 1.88. The third-order valence-electron chi connectivity index (χ3n) is 3.40. The summed E-state index contributed by atoms with van der Waals surface area (Å²) in [4.78, 5) is 2.38. The molecule has 0 aromatic heterocycles. The lowest BCUT2D eigenvalue weighted by atomic mass is 9.89. The van der Waals surface area contributed by atoms with E-state index in [0.717, 1.165) is 5.92 Å². The van der Waals surface area contributed by atoms with Crippen molar-refractivity contribution in [1.29, 1.82) is 0 Å². The van der Waals surface area contributed by atoms with Crippen LogP contribution in [-0.2, 0) is 0 Å². The Morgan fingerprint density at radius 1 is 1.20 bits per heavy atom. The molecule has 1 aliphatic rings. The molecule has 0 bridgehead atoms. The Kier molecular flexibility index (Phi) is 3.65. The van der Waals surface area contributed by atoms with Gasteiger partial charge in [-0.05, 0) is 37.0 Å². The predicted octanol–water partition coefficient (Wildman–Crippen LogP) is 3.50. The fourth-order valence-electron chi connectivity index (χ4n) is 2.49. The van der Waals surface area contributed by atoms with Crippen LogP contribution in [0.1, 0.15) is 32.1 Å². The monoisotopic (exact) mass is 202 g/mol. The summed E-state index contributed by atoms with van der Waals surface area (Å²) < 4.78 is 0. The average Bonchev–Trinajstić information content (AvgIpc) is 2.31. The summed E-state index contributed by atoms with van der Waals surface area (Å²) in [5.74, 6) is 0.910. The molecule has 1 radical (unpaired) electrons. The molecule has 15 heavy (non-hydrogen) atoms. The van der Waals surface area contributed by atoms with Gasteiger partial charge < -0.3 is 4.90 Å². The quantitative estimate of drug-likeness (QED) is 0.725. The Bertz CT molecular complexity index is 275. The lowest BCUT2D eigenvalue weighted by Crippen LogP contribution is -2.26. The number of hydrogen-bond acceptors (Lipinski definition) is 1. The first kappa shape index (κ1) is 10.5. The Morgan fingerprint density at radius 2 is 1.87 bits per heavy atom. The van der Waals surface area contributed by atoms with E-state index >= 15 is 0 Å². The SMILES string of the molecule is CN(CC1CCCCC1)c1cc[c]cc1. The van der Waals surface area contributed by atoms with Crippen LogP contribution in [-0.4, -0.2) is 13.6 Å². The topological polar surface area (TPSA) is 3.24 Å². The average molecular weight is 202 g/mol. The molecular weight excluding hydrogens is 182 g/mol. The van der Waals surface area contributed by atoms with E-state index in [-0.39, 0.29) is 0 Å². The van der Waals surface area contributed by atoms with Gasteiger partial charge in [-0.25, -0.2) is 0 Å². The van der Waals surface area contributed by atoms with Crippen LogP contribution in [0.4, 0.5) is 5.69 Å². The van der Waals surface area contributed by atoms with Gasteiger partial charge in [0.05, 0.1) is 0 Å². The number of benzene rings is 1. The third kappa shape index (κ3) is 2.98. The van der Waals surface area contributed by atoms with Gasteiger partial charge in [0.2, 0.25) is 0 Å². The second-order valence-electron chi connectivity index (χ2n) is 4.64. The van der Waals surface area contributed by atoms with Crippen LogP contribution in [0.2, 0.25) is 0 Å². The Morgan fingerprint density at radius 3 is 2.53 bits per heavy atom. The van der Waals surface area contributed by atoms with Crippen LogP contribution in [0, 0.1) is 12.0 Å². The summed E-state index contributed by atoms with van der Waals surface area (Å²) in [6.07, 6.45) is 7.15. The zero-order valence-corrected chi connectivity index (χ0v) is 9.58. The van der Waals surface area contributed by atoms with Crippen molar-refractivity contribution in [2.75, 3.05) is 18.5 Å². The second-order valence-corrected chi connectivity index (χ2v) is 4.64. The molecule has 1 aromatic rings. The van der Waals surface area contributed by atoms with Gasteiger partial charge in [-0.1, -0.05) is 31.4 Å². The van der Waals surface area contributed by atoms with Crippen molar-refractivity contribution in [2.24, 2.45) is 5.92 Å². The molecule has 1 nitrogen and oxygen atoms in total. The van der Waals surface area contributed by atoms with Gasteiger partial charge in [0.15, 0.2) is 0 Å². The molecular formula is C14H20N. The molecule has 0 aliphatic heterocycles. The van der Waals surface area contributed by atoms with Gasteiger partial charge in [0.1, 0.15) is 0 Å². The van der Waals surface area contributed by atoms with Crippen molar-refractivity contribution >= 4 is 5.69 Å². The normalized spacial score (nSPS) is 17.7. The highest BCUT2D eigenvalue weighted by Crippen LogP contribution is 2.25. The van der Waals surface area contributed by atoms with Crippen LogP contribution in [0.3, 0.4) is 0 Å². The highest BCUT2D eigenvalue weighted by Gasteiger charge is 2.15. The minimum absolute atomic E-state index is 0.910. The van der Waals surface area contributed by atoms with Gasteiger partial charge >= 0.3 is 0 Å². The van der Waals surface area contributed by atoms with E-state index < -0.39 is 0 Å². The van der Waals surface area contributed by atoms with Gasteiger partial charge in [0.25, 0.3) is 0 Å². The minimum atomic E-state index is 0.910. The second kappa shape index (κ2) is 5.20.